The molecule has 1 fully saturated rings. The summed E-state index contributed by atoms with van der Waals surface area (Å²) in [6.45, 7) is 4.25. The van der Waals surface area contributed by atoms with Crippen LogP contribution >= 0.6 is 0 Å². The SMILES string of the molecule is COc1ccccc1OCC(=O)N(CCC(=O)Nc1c(C)cccc1C)C1CC1. The minimum absolute atomic E-state index is 0.0740. The normalized spacial score (nSPS) is 12.9. The van der Waals surface area contributed by atoms with E-state index in [0.717, 1.165) is 29.7 Å². The lowest BCUT2D eigenvalue weighted by Gasteiger charge is -2.23. The maximum Gasteiger partial charge on any atom is 0.260 e. The molecule has 29 heavy (non-hydrogen) atoms. The lowest BCUT2D eigenvalue weighted by molar-refractivity contribution is -0.134. The Kier molecular flexibility index (Phi) is 6.75. The number of carbonyl (C=O) groups is 2. The number of nitrogens with one attached hydrogen (secondary N) is 1. The molecule has 0 saturated heterocycles. The molecule has 1 saturated carbocycles. The molecule has 1 aliphatic carbocycles. The van der Waals surface area contributed by atoms with Gasteiger partial charge in [-0.3, -0.25) is 9.59 Å². The van der Waals surface area contributed by atoms with Gasteiger partial charge in [-0.15, -0.1) is 0 Å². The summed E-state index contributed by atoms with van der Waals surface area (Å²) in [6.07, 6.45) is 2.20. The van der Waals surface area contributed by atoms with Crippen LogP contribution in [-0.4, -0.2) is 43.0 Å². The summed E-state index contributed by atoms with van der Waals surface area (Å²) < 4.78 is 10.9. The third kappa shape index (κ3) is 5.50. The molecule has 2 amide bonds. The minimum Gasteiger partial charge on any atom is -0.493 e. The molecule has 0 aromatic heterocycles. The first-order valence-corrected chi connectivity index (χ1v) is 9.91. The van der Waals surface area contributed by atoms with Crippen LogP contribution in [0, 0.1) is 13.8 Å². The molecule has 2 aromatic rings. The van der Waals surface area contributed by atoms with Crippen LogP contribution in [0.5, 0.6) is 11.5 Å². The van der Waals surface area contributed by atoms with Gasteiger partial charge in [-0.05, 0) is 49.9 Å². The Hall–Kier alpha value is -3.02. The van der Waals surface area contributed by atoms with Gasteiger partial charge in [0.1, 0.15) is 0 Å². The van der Waals surface area contributed by atoms with Gasteiger partial charge in [0.25, 0.3) is 5.91 Å². The number of anilines is 1. The number of aryl methyl sites for hydroxylation is 2. The molecule has 3 rings (SSSR count). The Balaban J connectivity index is 1.54. The average molecular weight is 396 g/mol. The zero-order valence-corrected chi connectivity index (χ0v) is 17.2. The van der Waals surface area contributed by atoms with Gasteiger partial charge >= 0.3 is 0 Å². The predicted octanol–water partition coefficient (Wildman–Crippen LogP) is 3.71. The minimum atomic E-state index is -0.113. The number of nitrogens with zero attached hydrogens (tertiary/aromatic N) is 1. The molecule has 0 spiro atoms. The Labute approximate surface area is 171 Å². The largest absolute Gasteiger partial charge is 0.493 e. The number of amides is 2. The Morgan fingerprint density at radius 1 is 1.03 bits per heavy atom. The number of ether oxygens (including phenoxy) is 2. The van der Waals surface area contributed by atoms with Crippen LogP contribution in [0.1, 0.15) is 30.4 Å². The highest BCUT2D eigenvalue weighted by Crippen LogP contribution is 2.29. The van der Waals surface area contributed by atoms with Gasteiger partial charge < -0.3 is 19.7 Å². The first-order valence-electron chi connectivity index (χ1n) is 9.91. The summed E-state index contributed by atoms with van der Waals surface area (Å²) in [4.78, 5) is 26.9. The zero-order valence-electron chi connectivity index (χ0n) is 17.2. The van der Waals surface area contributed by atoms with Gasteiger partial charge in [-0.1, -0.05) is 30.3 Å². The molecule has 1 aliphatic rings. The van der Waals surface area contributed by atoms with E-state index in [9.17, 15) is 9.59 Å². The van der Waals surface area contributed by atoms with Crippen molar-refractivity contribution in [1.29, 1.82) is 0 Å². The molecule has 0 aliphatic heterocycles. The van der Waals surface area contributed by atoms with E-state index in [1.54, 1.807) is 24.1 Å². The summed E-state index contributed by atoms with van der Waals surface area (Å²) in [7, 11) is 1.56. The van der Waals surface area contributed by atoms with Crippen molar-refractivity contribution in [3.8, 4) is 11.5 Å². The van der Waals surface area contributed by atoms with Gasteiger partial charge in [0, 0.05) is 24.7 Å². The third-order valence-corrected chi connectivity index (χ3v) is 5.05. The fraction of sp³-hybridized carbons (Fsp3) is 0.391. The van der Waals surface area contributed by atoms with Crippen molar-refractivity contribution in [2.45, 2.75) is 39.2 Å². The lowest BCUT2D eigenvalue weighted by Crippen LogP contribution is -2.38. The first kappa shape index (κ1) is 20.7. The van der Waals surface area contributed by atoms with E-state index in [-0.39, 0.29) is 30.9 Å². The van der Waals surface area contributed by atoms with Gasteiger partial charge in [-0.25, -0.2) is 0 Å². The average Bonchev–Trinajstić information content (AvgIpc) is 3.55. The molecule has 0 bridgehead atoms. The van der Waals surface area contributed by atoms with Crippen LogP contribution in [0.15, 0.2) is 42.5 Å². The number of para-hydroxylation sites is 3. The van der Waals surface area contributed by atoms with Crippen molar-refractivity contribution in [2.24, 2.45) is 0 Å². The highest BCUT2D eigenvalue weighted by atomic mass is 16.5. The van der Waals surface area contributed by atoms with Crippen LogP contribution in [0.25, 0.3) is 0 Å². The van der Waals surface area contributed by atoms with Gasteiger partial charge in [0.15, 0.2) is 18.1 Å². The molecule has 2 aromatic carbocycles. The fourth-order valence-electron chi connectivity index (χ4n) is 3.29. The van der Waals surface area contributed by atoms with Crippen molar-refractivity contribution in [1.82, 2.24) is 4.90 Å². The highest BCUT2D eigenvalue weighted by Gasteiger charge is 2.32. The lowest BCUT2D eigenvalue weighted by atomic mass is 10.1. The summed E-state index contributed by atoms with van der Waals surface area (Å²) in [5.74, 6) is 0.919. The molecule has 0 unspecified atom stereocenters. The van der Waals surface area contributed by atoms with Crippen molar-refractivity contribution in [3.63, 3.8) is 0 Å². The van der Waals surface area contributed by atoms with Crippen molar-refractivity contribution in [2.75, 3.05) is 25.6 Å². The van der Waals surface area contributed by atoms with Gasteiger partial charge in [0.05, 0.1) is 7.11 Å². The van der Waals surface area contributed by atoms with Crippen molar-refractivity contribution >= 4 is 17.5 Å². The Morgan fingerprint density at radius 2 is 1.69 bits per heavy atom. The topological polar surface area (TPSA) is 67.9 Å². The number of methoxy groups -OCH3 is 1. The summed E-state index contributed by atoms with van der Waals surface area (Å²) in [5.41, 5.74) is 2.90. The molecular weight excluding hydrogens is 368 g/mol. The van der Waals surface area contributed by atoms with E-state index >= 15 is 0 Å². The molecule has 1 N–H and O–H groups in total. The van der Waals surface area contributed by atoms with Gasteiger partial charge in [0.2, 0.25) is 5.91 Å². The second-order valence-electron chi connectivity index (χ2n) is 7.32. The quantitative estimate of drug-likeness (QED) is 0.702. The zero-order chi connectivity index (χ0) is 20.8. The third-order valence-electron chi connectivity index (χ3n) is 5.05. The molecular formula is C23H28N2O4. The highest BCUT2D eigenvalue weighted by molar-refractivity contribution is 5.92. The van der Waals surface area contributed by atoms with Crippen LogP contribution in [-0.2, 0) is 9.59 Å². The second-order valence-corrected chi connectivity index (χ2v) is 7.32. The van der Waals surface area contributed by atoms with Crippen molar-refractivity contribution in [3.05, 3.63) is 53.6 Å². The molecule has 0 radical (unpaired) electrons. The number of hydrogen-bond donors (Lipinski definition) is 1. The van der Waals surface area contributed by atoms with E-state index in [1.807, 2.05) is 44.2 Å². The summed E-state index contributed by atoms with van der Waals surface area (Å²) in [6, 6.07) is 13.3. The molecule has 6 nitrogen and oxygen atoms in total. The van der Waals surface area contributed by atoms with Crippen LogP contribution in [0.3, 0.4) is 0 Å². The first-order chi connectivity index (χ1) is 14.0. The van der Waals surface area contributed by atoms with Crippen LogP contribution in [0.2, 0.25) is 0 Å². The summed E-state index contributed by atoms with van der Waals surface area (Å²) >= 11 is 0. The van der Waals surface area contributed by atoms with Crippen molar-refractivity contribution < 1.29 is 19.1 Å². The summed E-state index contributed by atoms with van der Waals surface area (Å²) in [5, 5.41) is 2.98. The van der Waals surface area contributed by atoms with E-state index in [0.29, 0.717) is 18.0 Å². The van der Waals surface area contributed by atoms with E-state index < -0.39 is 0 Å². The number of hydrogen-bond acceptors (Lipinski definition) is 4. The standard InChI is InChI=1S/C23H28N2O4/c1-16-7-6-8-17(2)23(16)24-21(26)13-14-25(18-11-12-18)22(27)15-29-20-10-5-4-9-19(20)28-3/h4-10,18H,11-15H2,1-3H3,(H,24,26). The Bertz CT molecular complexity index is 857. The molecule has 0 heterocycles. The maximum absolute atomic E-state index is 12.7. The molecule has 0 atom stereocenters. The predicted molar refractivity (Wildman–Crippen MR) is 112 cm³/mol. The van der Waals surface area contributed by atoms with E-state index in [2.05, 4.69) is 5.32 Å². The molecule has 6 heteroatoms. The molecule has 154 valence electrons. The van der Waals surface area contributed by atoms with E-state index in [1.165, 1.54) is 0 Å². The van der Waals surface area contributed by atoms with Crippen LogP contribution in [0.4, 0.5) is 5.69 Å². The monoisotopic (exact) mass is 396 g/mol. The number of benzene rings is 2. The Morgan fingerprint density at radius 3 is 2.31 bits per heavy atom. The van der Waals surface area contributed by atoms with E-state index in [4.69, 9.17) is 9.47 Å². The maximum atomic E-state index is 12.7. The van der Waals surface area contributed by atoms with Gasteiger partial charge in [-0.2, -0.15) is 0 Å². The fourth-order valence-corrected chi connectivity index (χ4v) is 3.29. The number of carbonyl (C=O) groups excluding carboxylic acids is 2. The smallest absolute Gasteiger partial charge is 0.260 e. The second kappa shape index (κ2) is 9.45. The number of rotatable bonds is 9. The van der Waals surface area contributed by atoms with Crippen LogP contribution < -0.4 is 14.8 Å².